The Kier molecular flexibility index (Phi) is 5.67. The second-order valence-electron chi connectivity index (χ2n) is 8.12. The molecule has 7 nitrogen and oxygen atoms in total. The zero-order valence-corrected chi connectivity index (χ0v) is 19.9. The van der Waals surface area contributed by atoms with Crippen molar-refractivity contribution in [2.75, 3.05) is 6.61 Å². The number of para-hydroxylation sites is 1. The number of hydrazone groups is 1. The smallest absolute Gasteiger partial charge is 0.283 e. The van der Waals surface area contributed by atoms with E-state index in [4.69, 9.17) is 10.1 Å². The van der Waals surface area contributed by atoms with Crippen LogP contribution in [-0.2, 0) is 4.79 Å². The summed E-state index contributed by atoms with van der Waals surface area (Å²) in [6.45, 7) is 6.34. The largest absolute Gasteiger partial charge is 0.487 e. The van der Waals surface area contributed by atoms with Crippen LogP contribution in [0.2, 0.25) is 0 Å². The number of carbonyl (C=O) groups excluding carboxylic acids is 1. The van der Waals surface area contributed by atoms with Gasteiger partial charge in [0, 0.05) is 17.1 Å². The number of nitrogens with one attached hydrogen (secondary N) is 1. The van der Waals surface area contributed by atoms with Crippen LogP contribution in [0.15, 0.2) is 76.3 Å². The van der Waals surface area contributed by atoms with Gasteiger partial charge in [0.25, 0.3) is 5.91 Å². The molecule has 3 heterocycles. The van der Waals surface area contributed by atoms with Crippen molar-refractivity contribution in [3.63, 3.8) is 0 Å². The van der Waals surface area contributed by atoms with E-state index in [0.717, 1.165) is 28.4 Å². The van der Waals surface area contributed by atoms with Crippen LogP contribution in [0.4, 0.5) is 0 Å². The van der Waals surface area contributed by atoms with E-state index in [9.17, 15) is 4.79 Å². The summed E-state index contributed by atoms with van der Waals surface area (Å²) in [5.41, 5.74) is 5.35. The molecule has 0 saturated heterocycles. The van der Waals surface area contributed by atoms with Gasteiger partial charge in [-0.25, -0.2) is 0 Å². The van der Waals surface area contributed by atoms with Crippen LogP contribution < -0.4 is 4.74 Å². The Morgan fingerprint density at radius 3 is 2.62 bits per heavy atom. The first-order valence-corrected chi connectivity index (χ1v) is 11.7. The quantitative estimate of drug-likeness (QED) is 0.527. The van der Waals surface area contributed by atoms with E-state index in [2.05, 4.69) is 39.8 Å². The lowest BCUT2D eigenvalue weighted by atomic mass is 10.1. The number of thioether (sulfide) groups is 1. The van der Waals surface area contributed by atoms with E-state index >= 15 is 0 Å². The molecule has 0 spiro atoms. The van der Waals surface area contributed by atoms with E-state index in [-0.39, 0.29) is 18.0 Å². The monoisotopic (exact) mass is 469 g/mol. The van der Waals surface area contributed by atoms with E-state index in [0.29, 0.717) is 10.2 Å². The predicted octanol–water partition coefficient (Wildman–Crippen LogP) is 5.10. The summed E-state index contributed by atoms with van der Waals surface area (Å²) in [7, 11) is 0. The van der Waals surface area contributed by atoms with Crippen LogP contribution in [0.1, 0.15) is 22.5 Å². The molecule has 1 N–H and O–H groups in total. The number of aryl methyl sites for hydroxylation is 2. The van der Waals surface area contributed by atoms with Gasteiger partial charge in [0.05, 0.1) is 5.57 Å². The van der Waals surface area contributed by atoms with Gasteiger partial charge < -0.3 is 9.30 Å². The van der Waals surface area contributed by atoms with Crippen LogP contribution in [0.3, 0.4) is 0 Å². The SMILES string of the molecule is Cc1cccc(-n2c(C)cc(/C=C3\C(=N)N4N=C(COc5ccccc5)SC4=NC3=O)c2C)c1. The Hall–Kier alpha value is -3.91. The Bertz CT molecular complexity index is 1400. The molecule has 2 aliphatic heterocycles. The molecule has 3 aromatic rings. The third-order valence-electron chi connectivity index (χ3n) is 5.63. The number of benzene rings is 2. The molecule has 0 aliphatic carbocycles. The Balaban J connectivity index is 1.41. The molecule has 1 amide bonds. The van der Waals surface area contributed by atoms with Gasteiger partial charge in [-0.15, -0.1) is 0 Å². The van der Waals surface area contributed by atoms with Gasteiger partial charge in [-0.2, -0.15) is 15.1 Å². The number of hydrogen-bond acceptors (Lipinski definition) is 5. The first-order chi connectivity index (χ1) is 16.4. The molecule has 1 aromatic heterocycles. The van der Waals surface area contributed by atoms with Crippen LogP contribution in [0.25, 0.3) is 11.8 Å². The molecule has 2 aromatic carbocycles. The molecular formula is C26H23N5O2S. The summed E-state index contributed by atoms with van der Waals surface area (Å²) in [4.78, 5) is 17.0. The standard InChI is InChI=1S/C26H23N5O2S/c1-16-8-7-9-20(12-16)30-17(2)13-19(18(30)3)14-22-24(27)31-26(28-25(22)32)34-23(29-31)15-33-21-10-5-4-6-11-21/h4-14,27H,15H2,1-3H3/b22-14+,27-24?. The lowest BCUT2D eigenvalue weighted by Gasteiger charge is -2.20. The number of carbonyl (C=O) groups is 1. The fraction of sp³-hybridized carbons (Fsp3) is 0.154. The Labute approximate surface area is 202 Å². The summed E-state index contributed by atoms with van der Waals surface area (Å²) < 4.78 is 7.90. The van der Waals surface area contributed by atoms with Crippen molar-refractivity contribution in [3.8, 4) is 11.4 Å². The van der Waals surface area contributed by atoms with Crippen molar-refractivity contribution in [1.82, 2.24) is 9.58 Å². The van der Waals surface area contributed by atoms with Gasteiger partial charge in [0.1, 0.15) is 17.4 Å². The molecular weight excluding hydrogens is 446 g/mol. The highest BCUT2D eigenvalue weighted by Gasteiger charge is 2.36. The van der Waals surface area contributed by atoms with Crippen LogP contribution in [0, 0.1) is 26.2 Å². The van der Waals surface area contributed by atoms with E-state index < -0.39 is 5.91 Å². The van der Waals surface area contributed by atoms with Crippen LogP contribution in [0.5, 0.6) is 5.75 Å². The number of aliphatic imine (C=N–C) groups is 1. The van der Waals surface area contributed by atoms with Crippen molar-refractivity contribution in [3.05, 3.63) is 88.8 Å². The molecule has 0 saturated carbocycles. The molecule has 2 aliphatic rings. The predicted molar refractivity (Wildman–Crippen MR) is 137 cm³/mol. The topological polar surface area (TPSA) is 83.0 Å². The summed E-state index contributed by atoms with van der Waals surface area (Å²) in [6.07, 6.45) is 1.73. The maximum atomic E-state index is 12.8. The molecule has 8 heteroatoms. The highest BCUT2D eigenvalue weighted by atomic mass is 32.2. The summed E-state index contributed by atoms with van der Waals surface area (Å²) in [5.74, 6) is 0.301. The van der Waals surface area contributed by atoms with Crippen molar-refractivity contribution < 1.29 is 9.53 Å². The molecule has 0 bridgehead atoms. The molecule has 34 heavy (non-hydrogen) atoms. The second kappa shape index (κ2) is 8.79. The third kappa shape index (κ3) is 4.08. The minimum Gasteiger partial charge on any atom is -0.487 e. The summed E-state index contributed by atoms with van der Waals surface area (Å²) in [5, 5.41) is 15.5. The molecule has 0 fully saturated rings. The number of hydrogen-bond donors (Lipinski definition) is 1. The van der Waals surface area contributed by atoms with Crippen molar-refractivity contribution in [1.29, 1.82) is 5.41 Å². The van der Waals surface area contributed by atoms with Crippen LogP contribution in [-0.4, -0.2) is 38.1 Å². The zero-order chi connectivity index (χ0) is 23.8. The van der Waals surface area contributed by atoms with Crippen molar-refractivity contribution in [2.24, 2.45) is 10.1 Å². The first-order valence-electron chi connectivity index (χ1n) is 10.8. The molecule has 0 atom stereocenters. The number of fused-ring (bicyclic) bond motifs is 1. The molecule has 170 valence electrons. The van der Waals surface area contributed by atoms with Crippen molar-refractivity contribution in [2.45, 2.75) is 20.8 Å². The molecule has 0 radical (unpaired) electrons. The van der Waals surface area contributed by atoms with E-state index in [1.807, 2.05) is 56.3 Å². The zero-order valence-electron chi connectivity index (χ0n) is 19.1. The normalized spacial score (nSPS) is 16.6. The number of rotatable bonds is 5. The number of amidine groups is 2. The highest BCUT2D eigenvalue weighted by molar-refractivity contribution is 8.27. The van der Waals surface area contributed by atoms with Gasteiger partial charge >= 0.3 is 0 Å². The van der Waals surface area contributed by atoms with Gasteiger partial charge in [0.2, 0.25) is 5.17 Å². The highest BCUT2D eigenvalue weighted by Crippen LogP contribution is 2.30. The number of amides is 1. The first kappa shape index (κ1) is 21.9. The van der Waals surface area contributed by atoms with Gasteiger partial charge in [-0.05, 0) is 80.1 Å². The van der Waals surface area contributed by atoms with E-state index in [1.54, 1.807) is 6.08 Å². The summed E-state index contributed by atoms with van der Waals surface area (Å²) in [6, 6.07) is 19.7. The van der Waals surface area contributed by atoms with Crippen molar-refractivity contribution >= 4 is 39.8 Å². The summed E-state index contributed by atoms with van der Waals surface area (Å²) >= 11 is 1.25. The van der Waals surface area contributed by atoms with Gasteiger partial charge in [-0.3, -0.25) is 10.2 Å². The molecule has 0 unspecified atom stereocenters. The third-order valence-corrected chi connectivity index (χ3v) is 6.51. The Morgan fingerprint density at radius 1 is 1.06 bits per heavy atom. The maximum absolute atomic E-state index is 12.8. The minimum absolute atomic E-state index is 0.0116. The maximum Gasteiger partial charge on any atom is 0.283 e. The van der Waals surface area contributed by atoms with Crippen LogP contribution >= 0.6 is 11.8 Å². The Morgan fingerprint density at radius 2 is 1.85 bits per heavy atom. The average Bonchev–Trinajstić information content (AvgIpc) is 3.35. The second-order valence-corrected chi connectivity index (χ2v) is 9.16. The van der Waals surface area contributed by atoms with E-state index in [1.165, 1.54) is 22.3 Å². The van der Waals surface area contributed by atoms with Gasteiger partial charge in [-0.1, -0.05) is 30.3 Å². The lowest BCUT2D eigenvalue weighted by molar-refractivity contribution is -0.114. The minimum atomic E-state index is -0.440. The lowest BCUT2D eigenvalue weighted by Crippen LogP contribution is -2.35. The fourth-order valence-electron chi connectivity index (χ4n) is 4.01. The number of ether oxygens (including phenoxy) is 1. The van der Waals surface area contributed by atoms with Gasteiger partial charge in [0.15, 0.2) is 5.84 Å². The number of nitrogens with zero attached hydrogens (tertiary/aromatic N) is 4. The average molecular weight is 470 g/mol. The molecule has 5 rings (SSSR count). The number of aromatic nitrogens is 1. The fourth-order valence-corrected chi connectivity index (χ4v) is 4.80.